The number of ether oxygens (including phenoxy) is 2. The second kappa shape index (κ2) is 7.72. The smallest absolute Gasteiger partial charge is 0.408 e. The third-order valence-corrected chi connectivity index (χ3v) is 6.82. The maximum absolute atomic E-state index is 12.3. The van der Waals surface area contributed by atoms with Gasteiger partial charge in [-0.05, 0) is 81.7 Å². The van der Waals surface area contributed by atoms with Crippen molar-refractivity contribution in [1.82, 2.24) is 16.0 Å². The Balaban J connectivity index is 1.46. The number of benzene rings is 1. The van der Waals surface area contributed by atoms with Crippen LogP contribution in [-0.4, -0.2) is 37.1 Å². The summed E-state index contributed by atoms with van der Waals surface area (Å²) in [7, 11) is 1.73. The predicted molar refractivity (Wildman–Crippen MR) is 118 cm³/mol. The number of amides is 1. The number of rotatable bonds is 7. The molecular formula is C24H37N3O3. The number of carbonyl (C=O) groups excluding carboxylic acids is 1. The lowest BCUT2D eigenvalue weighted by Gasteiger charge is -2.73. The number of nitrogens with one attached hydrogen (secondary N) is 3. The van der Waals surface area contributed by atoms with Gasteiger partial charge in [0.05, 0.1) is 13.3 Å². The van der Waals surface area contributed by atoms with Gasteiger partial charge in [0, 0.05) is 18.0 Å². The summed E-state index contributed by atoms with van der Waals surface area (Å²) in [6.45, 7) is 8.95. The lowest BCUT2D eigenvalue weighted by molar-refractivity contribution is -0.177. The zero-order chi connectivity index (χ0) is 21.6. The Morgan fingerprint density at radius 2 is 2.00 bits per heavy atom. The predicted octanol–water partition coefficient (Wildman–Crippen LogP) is 4.05. The minimum atomic E-state index is -0.467. The molecule has 3 saturated carbocycles. The number of carbonyl (C=O) groups is 1. The highest BCUT2D eigenvalue weighted by atomic mass is 16.6. The molecular weight excluding hydrogens is 378 g/mol. The molecule has 3 aliphatic carbocycles. The van der Waals surface area contributed by atoms with Gasteiger partial charge in [0.2, 0.25) is 0 Å². The number of methoxy groups -OCH3 is 1. The molecule has 6 nitrogen and oxygen atoms in total. The normalized spacial score (nSPS) is 31.8. The van der Waals surface area contributed by atoms with Crippen molar-refractivity contribution < 1.29 is 14.3 Å². The van der Waals surface area contributed by atoms with E-state index in [0.717, 1.165) is 38.0 Å². The minimum Gasteiger partial charge on any atom is -0.497 e. The van der Waals surface area contributed by atoms with Gasteiger partial charge in [-0.25, -0.2) is 4.79 Å². The molecule has 166 valence electrons. The van der Waals surface area contributed by atoms with E-state index in [4.69, 9.17) is 9.47 Å². The van der Waals surface area contributed by atoms with Crippen molar-refractivity contribution in [2.45, 2.75) is 89.6 Å². The monoisotopic (exact) mass is 415 g/mol. The molecule has 30 heavy (non-hydrogen) atoms. The molecule has 1 amide bonds. The number of hydrogen-bond donors (Lipinski definition) is 3. The van der Waals surface area contributed by atoms with Crippen molar-refractivity contribution in [1.29, 1.82) is 0 Å². The van der Waals surface area contributed by atoms with Crippen LogP contribution in [0.25, 0.3) is 0 Å². The average molecular weight is 416 g/mol. The lowest BCUT2D eigenvalue weighted by Crippen LogP contribution is -2.78. The van der Waals surface area contributed by atoms with E-state index in [9.17, 15) is 4.79 Å². The molecule has 1 aromatic rings. The van der Waals surface area contributed by atoms with Gasteiger partial charge in [-0.15, -0.1) is 0 Å². The molecule has 1 heterocycles. The summed E-state index contributed by atoms with van der Waals surface area (Å²) in [6, 6.07) is 6.78. The Morgan fingerprint density at radius 3 is 2.63 bits per heavy atom. The van der Waals surface area contributed by atoms with E-state index in [2.05, 4.69) is 41.1 Å². The van der Waals surface area contributed by atoms with Crippen molar-refractivity contribution in [3.05, 3.63) is 29.3 Å². The molecule has 0 aromatic heterocycles. The summed E-state index contributed by atoms with van der Waals surface area (Å²) in [6.07, 6.45) is 6.32. The van der Waals surface area contributed by atoms with Crippen LogP contribution < -0.4 is 20.7 Å². The van der Waals surface area contributed by atoms with Gasteiger partial charge in [0.1, 0.15) is 11.4 Å². The molecule has 1 aromatic carbocycles. The number of unbranched alkanes of at least 4 members (excludes halogenated alkanes) is 1. The average Bonchev–Trinajstić information content (AvgIpc) is 2.61. The first-order valence-electron chi connectivity index (χ1n) is 11.3. The van der Waals surface area contributed by atoms with Crippen LogP contribution >= 0.6 is 0 Å². The van der Waals surface area contributed by atoms with E-state index in [-0.39, 0.29) is 23.2 Å². The van der Waals surface area contributed by atoms with Gasteiger partial charge in [0.25, 0.3) is 0 Å². The molecule has 3 fully saturated rings. The molecule has 4 aliphatic rings. The summed E-state index contributed by atoms with van der Waals surface area (Å²) >= 11 is 0. The highest BCUT2D eigenvalue weighted by molar-refractivity contribution is 5.70. The zero-order valence-electron chi connectivity index (χ0n) is 19.1. The second-order valence-corrected chi connectivity index (χ2v) is 10.5. The molecule has 2 atom stereocenters. The largest absolute Gasteiger partial charge is 0.497 e. The lowest BCUT2D eigenvalue weighted by atomic mass is 9.36. The van der Waals surface area contributed by atoms with Crippen molar-refractivity contribution in [3.63, 3.8) is 0 Å². The standard InChI is InChI=1S/C24H37N3O3/c1-6-7-10-25-19-12-16-11-17(29-5)8-9-18(16)20(26-19)23-13-24(14-23,15-23)27-21(28)30-22(2,3)4/h8-9,11,19-20,25-26H,6-7,10,12-15H2,1-5H3,(H,27,28)/t19-,20+,23?,24?/m1/s1. The van der Waals surface area contributed by atoms with Crippen molar-refractivity contribution in [2.75, 3.05) is 13.7 Å². The van der Waals surface area contributed by atoms with Crippen LogP contribution in [0.1, 0.15) is 77.0 Å². The molecule has 2 bridgehead atoms. The highest BCUT2D eigenvalue weighted by Crippen LogP contribution is 2.72. The first-order chi connectivity index (χ1) is 14.2. The van der Waals surface area contributed by atoms with E-state index in [1.165, 1.54) is 24.0 Å². The number of fused-ring (bicyclic) bond motifs is 1. The van der Waals surface area contributed by atoms with E-state index in [1.807, 2.05) is 20.8 Å². The van der Waals surface area contributed by atoms with Gasteiger partial charge in [0.15, 0.2) is 0 Å². The van der Waals surface area contributed by atoms with Crippen LogP contribution in [0, 0.1) is 5.41 Å². The molecule has 5 rings (SSSR count). The Morgan fingerprint density at radius 1 is 1.27 bits per heavy atom. The van der Waals surface area contributed by atoms with Crippen molar-refractivity contribution >= 4 is 6.09 Å². The quantitative estimate of drug-likeness (QED) is 0.586. The summed E-state index contributed by atoms with van der Waals surface area (Å²) < 4.78 is 11.0. The minimum absolute atomic E-state index is 0.0841. The van der Waals surface area contributed by atoms with Crippen LogP contribution in [0.3, 0.4) is 0 Å². The van der Waals surface area contributed by atoms with Crippen LogP contribution in [0.15, 0.2) is 18.2 Å². The molecule has 1 aliphatic heterocycles. The van der Waals surface area contributed by atoms with E-state index < -0.39 is 5.60 Å². The van der Waals surface area contributed by atoms with E-state index in [1.54, 1.807) is 7.11 Å². The van der Waals surface area contributed by atoms with Crippen molar-refractivity contribution in [3.8, 4) is 5.75 Å². The van der Waals surface area contributed by atoms with Crippen LogP contribution in [0.2, 0.25) is 0 Å². The Hall–Kier alpha value is -1.79. The Bertz CT molecular complexity index is 782. The number of alkyl carbamates (subject to hydrolysis) is 1. The SMILES string of the molecule is CCCCN[C@H]1Cc2cc(OC)ccc2[C@@H](C23CC(NC(=O)OC(C)(C)C)(C2)C3)N1. The third-order valence-electron chi connectivity index (χ3n) is 6.82. The fourth-order valence-electron chi connectivity index (χ4n) is 5.65. The number of hydrogen-bond acceptors (Lipinski definition) is 5. The first kappa shape index (κ1) is 21.4. The summed E-state index contributed by atoms with van der Waals surface area (Å²) in [5.74, 6) is 0.919. The third kappa shape index (κ3) is 4.04. The van der Waals surface area contributed by atoms with Crippen LogP contribution in [0.4, 0.5) is 4.79 Å². The van der Waals surface area contributed by atoms with Gasteiger partial charge >= 0.3 is 6.09 Å². The van der Waals surface area contributed by atoms with Crippen LogP contribution in [-0.2, 0) is 11.2 Å². The van der Waals surface area contributed by atoms with Gasteiger partial charge < -0.3 is 20.1 Å². The van der Waals surface area contributed by atoms with Crippen molar-refractivity contribution in [2.24, 2.45) is 5.41 Å². The van der Waals surface area contributed by atoms with Gasteiger partial charge in [-0.2, -0.15) is 0 Å². The highest BCUT2D eigenvalue weighted by Gasteiger charge is 2.72. The molecule has 6 heteroatoms. The topological polar surface area (TPSA) is 71.6 Å². The zero-order valence-corrected chi connectivity index (χ0v) is 19.1. The molecule has 0 radical (unpaired) electrons. The van der Waals surface area contributed by atoms with Crippen LogP contribution in [0.5, 0.6) is 5.75 Å². The summed E-state index contributed by atoms with van der Waals surface area (Å²) in [5.41, 5.74) is 2.41. The van der Waals surface area contributed by atoms with E-state index in [0.29, 0.717) is 6.04 Å². The molecule has 0 saturated heterocycles. The second-order valence-electron chi connectivity index (χ2n) is 10.5. The molecule has 3 N–H and O–H groups in total. The molecule has 0 unspecified atom stereocenters. The Kier molecular flexibility index (Phi) is 5.52. The fourth-order valence-corrected chi connectivity index (χ4v) is 5.65. The van der Waals surface area contributed by atoms with E-state index >= 15 is 0 Å². The maximum atomic E-state index is 12.3. The fraction of sp³-hybridized carbons (Fsp3) is 0.708. The summed E-state index contributed by atoms with van der Waals surface area (Å²) in [5, 5.41) is 10.7. The molecule has 0 spiro atoms. The maximum Gasteiger partial charge on any atom is 0.408 e. The van der Waals surface area contributed by atoms with Gasteiger partial charge in [-0.3, -0.25) is 5.32 Å². The van der Waals surface area contributed by atoms with Gasteiger partial charge in [-0.1, -0.05) is 19.4 Å². The summed E-state index contributed by atoms with van der Waals surface area (Å²) in [4.78, 5) is 12.3. The Labute approximate surface area is 180 Å². The first-order valence-corrected chi connectivity index (χ1v) is 11.3.